The van der Waals surface area contributed by atoms with Gasteiger partial charge in [0.2, 0.25) is 21.8 Å². The second-order valence-electron chi connectivity index (χ2n) is 9.46. The SMILES string of the molecule is CCC(C(=O)NC1CCCCC1)N(Cc1ccc(Cl)cc1)C(=O)CN(c1cccc([N+](=O)[O-])c1)S(C)(=O)=O. The maximum absolute atomic E-state index is 13.7. The van der Waals surface area contributed by atoms with Crippen LogP contribution in [-0.4, -0.2) is 54.9 Å². The molecular weight excluding hydrogens is 532 g/mol. The van der Waals surface area contributed by atoms with E-state index >= 15 is 0 Å². The Labute approximate surface area is 228 Å². The number of hydrogen-bond acceptors (Lipinski definition) is 6. The molecule has 1 unspecified atom stereocenters. The molecule has 1 aliphatic carbocycles. The maximum atomic E-state index is 13.7. The van der Waals surface area contributed by atoms with Gasteiger partial charge in [0.1, 0.15) is 12.6 Å². The van der Waals surface area contributed by atoms with Gasteiger partial charge in [0.15, 0.2) is 0 Å². The van der Waals surface area contributed by atoms with Crippen molar-refractivity contribution >= 4 is 44.8 Å². The lowest BCUT2D eigenvalue weighted by Crippen LogP contribution is -2.53. The van der Waals surface area contributed by atoms with Crippen LogP contribution < -0.4 is 9.62 Å². The summed E-state index contributed by atoms with van der Waals surface area (Å²) in [5, 5.41) is 14.8. The van der Waals surface area contributed by atoms with E-state index in [1.165, 1.54) is 23.1 Å². The van der Waals surface area contributed by atoms with Crippen LogP contribution in [0, 0.1) is 10.1 Å². The van der Waals surface area contributed by atoms with E-state index in [2.05, 4.69) is 5.32 Å². The van der Waals surface area contributed by atoms with Gasteiger partial charge in [-0.2, -0.15) is 0 Å². The summed E-state index contributed by atoms with van der Waals surface area (Å²) in [7, 11) is -4.00. The summed E-state index contributed by atoms with van der Waals surface area (Å²) in [6.07, 6.45) is 6.18. The van der Waals surface area contributed by atoms with Gasteiger partial charge in [0, 0.05) is 29.7 Å². The zero-order valence-corrected chi connectivity index (χ0v) is 23.1. The first-order chi connectivity index (χ1) is 18.0. The highest BCUT2D eigenvalue weighted by Gasteiger charge is 2.33. The Kier molecular flexibility index (Phi) is 10.1. The Morgan fingerprint density at radius 3 is 2.37 bits per heavy atom. The number of non-ortho nitro benzene ring substituents is 1. The highest BCUT2D eigenvalue weighted by Crippen LogP contribution is 2.25. The third-order valence-electron chi connectivity index (χ3n) is 6.61. The number of carbonyl (C=O) groups excluding carboxylic acids is 2. The van der Waals surface area contributed by atoms with Crippen LogP contribution in [0.4, 0.5) is 11.4 Å². The lowest BCUT2D eigenvalue weighted by molar-refractivity contribution is -0.384. The average Bonchev–Trinajstić information content (AvgIpc) is 2.88. The lowest BCUT2D eigenvalue weighted by Gasteiger charge is -2.34. The van der Waals surface area contributed by atoms with Gasteiger partial charge in [-0.15, -0.1) is 0 Å². The number of carbonyl (C=O) groups is 2. The normalized spacial score (nSPS) is 14.9. The predicted molar refractivity (Wildman–Crippen MR) is 146 cm³/mol. The second kappa shape index (κ2) is 13.1. The maximum Gasteiger partial charge on any atom is 0.271 e. The van der Waals surface area contributed by atoms with Gasteiger partial charge in [0.05, 0.1) is 16.9 Å². The fourth-order valence-electron chi connectivity index (χ4n) is 4.63. The Morgan fingerprint density at radius 2 is 1.79 bits per heavy atom. The number of amides is 2. The number of sulfonamides is 1. The van der Waals surface area contributed by atoms with E-state index < -0.39 is 33.4 Å². The van der Waals surface area contributed by atoms with Crippen molar-refractivity contribution in [1.82, 2.24) is 10.2 Å². The summed E-state index contributed by atoms with van der Waals surface area (Å²) in [4.78, 5) is 39.1. The smallest absolute Gasteiger partial charge is 0.271 e. The summed E-state index contributed by atoms with van der Waals surface area (Å²) < 4.78 is 26.2. The number of rotatable bonds is 11. The van der Waals surface area contributed by atoms with E-state index in [1.54, 1.807) is 31.2 Å². The largest absolute Gasteiger partial charge is 0.352 e. The number of nitrogens with one attached hydrogen (secondary N) is 1. The molecule has 0 aliphatic heterocycles. The molecule has 12 heteroatoms. The first kappa shape index (κ1) is 29.4. The highest BCUT2D eigenvalue weighted by atomic mass is 35.5. The number of nitro groups is 1. The van der Waals surface area contributed by atoms with Crippen molar-refractivity contribution in [2.45, 2.75) is 64.1 Å². The van der Waals surface area contributed by atoms with Crippen molar-refractivity contribution in [1.29, 1.82) is 0 Å². The molecule has 206 valence electrons. The summed E-state index contributed by atoms with van der Waals surface area (Å²) in [6, 6.07) is 11.1. The first-order valence-electron chi connectivity index (χ1n) is 12.6. The van der Waals surface area contributed by atoms with Crippen molar-refractivity contribution in [3.8, 4) is 0 Å². The molecule has 3 rings (SSSR count). The second-order valence-corrected chi connectivity index (χ2v) is 11.8. The van der Waals surface area contributed by atoms with Crippen molar-refractivity contribution < 1.29 is 22.9 Å². The van der Waals surface area contributed by atoms with Crippen LogP contribution in [0.1, 0.15) is 51.0 Å². The van der Waals surface area contributed by atoms with Gasteiger partial charge < -0.3 is 10.2 Å². The molecule has 0 heterocycles. The van der Waals surface area contributed by atoms with Crippen molar-refractivity contribution in [3.63, 3.8) is 0 Å². The highest BCUT2D eigenvalue weighted by molar-refractivity contribution is 7.92. The minimum atomic E-state index is -4.00. The predicted octanol–water partition coefficient (Wildman–Crippen LogP) is 4.27. The van der Waals surface area contributed by atoms with Crippen LogP contribution in [0.15, 0.2) is 48.5 Å². The van der Waals surface area contributed by atoms with Gasteiger partial charge in [0.25, 0.3) is 5.69 Å². The third-order valence-corrected chi connectivity index (χ3v) is 8.00. The van der Waals surface area contributed by atoms with E-state index in [0.29, 0.717) is 17.0 Å². The standard InChI is InChI=1S/C26H33ClN4O6S/c1-3-24(26(33)28-21-8-5-4-6-9-21)29(17-19-12-14-20(27)15-13-19)25(32)18-30(38(2,36)37)22-10-7-11-23(16-22)31(34)35/h7,10-16,21,24H,3-6,8-9,17-18H2,1-2H3,(H,28,33). The molecule has 1 aliphatic rings. The quantitative estimate of drug-likeness (QED) is 0.320. The molecule has 2 aromatic carbocycles. The summed E-state index contributed by atoms with van der Waals surface area (Å²) in [5.41, 5.74) is 0.397. The van der Waals surface area contributed by atoms with E-state index in [0.717, 1.165) is 48.7 Å². The van der Waals surface area contributed by atoms with Crippen molar-refractivity contribution in [2.75, 3.05) is 17.1 Å². The summed E-state index contributed by atoms with van der Waals surface area (Å²) >= 11 is 6.02. The van der Waals surface area contributed by atoms with Crippen LogP contribution in [-0.2, 0) is 26.2 Å². The molecule has 1 atom stereocenters. The topological polar surface area (TPSA) is 130 Å². The Bertz CT molecular complexity index is 1250. The molecular formula is C26H33ClN4O6S. The molecule has 0 aromatic heterocycles. The zero-order valence-electron chi connectivity index (χ0n) is 21.5. The third kappa shape index (κ3) is 7.91. The van der Waals surface area contributed by atoms with Crippen LogP contribution in [0.2, 0.25) is 5.02 Å². The van der Waals surface area contributed by atoms with E-state index in [1.807, 2.05) is 0 Å². The fraction of sp³-hybridized carbons (Fsp3) is 0.462. The Hall–Kier alpha value is -3.18. The van der Waals surface area contributed by atoms with Gasteiger partial charge >= 0.3 is 0 Å². The van der Waals surface area contributed by atoms with Gasteiger partial charge in [-0.05, 0) is 43.0 Å². The molecule has 1 fully saturated rings. The fourth-order valence-corrected chi connectivity index (χ4v) is 5.59. The van der Waals surface area contributed by atoms with Crippen LogP contribution in [0.3, 0.4) is 0 Å². The van der Waals surface area contributed by atoms with Crippen molar-refractivity contribution in [3.05, 3.63) is 69.2 Å². The number of benzene rings is 2. The summed E-state index contributed by atoms with van der Waals surface area (Å²) in [5.74, 6) is -0.898. The van der Waals surface area contributed by atoms with Crippen LogP contribution in [0.5, 0.6) is 0 Å². The number of nitro benzene ring substituents is 1. The minimum absolute atomic E-state index is 0.0128. The Morgan fingerprint density at radius 1 is 1.13 bits per heavy atom. The number of nitrogens with zero attached hydrogens (tertiary/aromatic N) is 3. The van der Waals surface area contributed by atoms with Gasteiger partial charge in [-0.3, -0.25) is 24.0 Å². The molecule has 2 amide bonds. The molecule has 10 nitrogen and oxygen atoms in total. The Balaban J connectivity index is 1.93. The number of hydrogen-bond donors (Lipinski definition) is 1. The molecule has 2 aromatic rings. The van der Waals surface area contributed by atoms with E-state index in [9.17, 15) is 28.1 Å². The summed E-state index contributed by atoms with van der Waals surface area (Å²) in [6.45, 7) is 1.22. The average molecular weight is 565 g/mol. The molecule has 0 bridgehead atoms. The first-order valence-corrected chi connectivity index (χ1v) is 14.8. The molecule has 1 saturated carbocycles. The van der Waals surface area contributed by atoms with E-state index in [-0.39, 0.29) is 29.9 Å². The zero-order chi connectivity index (χ0) is 27.9. The molecule has 1 N–H and O–H groups in total. The van der Waals surface area contributed by atoms with Crippen LogP contribution >= 0.6 is 11.6 Å². The molecule has 38 heavy (non-hydrogen) atoms. The molecule has 0 saturated heterocycles. The molecule has 0 spiro atoms. The van der Waals surface area contributed by atoms with Gasteiger partial charge in [-0.25, -0.2) is 8.42 Å². The van der Waals surface area contributed by atoms with Crippen molar-refractivity contribution in [2.24, 2.45) is 0 Å². The van der Waals surface area contributed by atoms with Gasteiger partial charge in [-0.1, -0.05) is 56.0 Å². The number of anilines is 1. The minimum Gasteiger partial charge on any atom is -0.352 e. The lowest BCUT2D eigenvalue weighted by atomic mass is 9.95. The van der Waals surface area contributed by atoms with E-state index in [4.69, 9.17) is 11.6 Å². The number of halogens is 1. The monoisotopic (exact) mass is 564 g/mol. The van der Waals surface area contributed by atoms with Crippen LogP contribution in [0.25, 0.3) is 0 Å². The molecule has 0 radical (unpaired) electrons.